The van der Waals surface area contributed by atoms with Crippen LogP contribution in [0, 0.1) is 44.8 Å². The second-order valence-electron chi connectivity index (χ2n) is 18.4. The van der Waals surface area contributed by atoms with E-state index in [2.05, 4.69) is 40.7 Å². The van der Waals surface area contributed by atoms with Crippen molar-refractivity contribution >= 4 is 5.97 Å². The standard InChI is InChI=1S/C37H58O11/c1-18-15-21(28(32(5,6)43)46-19(2)38)48-37(44)27(18)33(7)13-14-36-17-35(36)12-11-24(47-29-26(41)25(40)20(39)16-45-29)31(3,4)22(35)9-10-23(36)34(33,8)30(37)42/h10,18,20-22,24-30,39-44H,9,11-17H2,1-8H3/t18-,20+,21-,22?,24+,25+,26-,27-,28-,29+,30-,33-,34-,35-,36+,37-/m1/s1. The molecule has 0 radical (unpaired) electrons. The Labute approximate surface area is 284 Å². The largest absolute Gasteiger partial charge is 0.457 e. The first-order valence-electron chi connectivity index (χ1n) is 18.1. The van der Waals surface area contributed by atoms with Gasteiger partial charge < -0.3 is 49.6 Å². The van der Waals surface area contributed by atoms with Crippen molar-refractivity contribution < 1.29 is 54.4 Å². The zero-order valence-electron chi connectivity index (χ0n) is 29.8. The van der Waals surface area contributed by atoms with E-state index in [0.717, 1.165) is 38.5 Å². The maximum absolute atomic E-state index is 12.6. The van der Waals surface area contributed by atoms with E-state index in [9.17, 15) is 35.4 Å². The molecule has 0 aromatic rings. The van der Waals surface area contributed by atoms with Crippen molar-refractivity contribution in [1.29, 1.82) is 0 Å². The van der Waals surface area contributed by atoms with Crippen LogP contribution in [-0.4, -0.2) is 104 Å². The third-order valence-electron chi connectivity index (χ3n) is 15.2. The number of carbonyl (C=O) groups excluding carboxylic acids is 1. The lowest BCUT2D eigenvalue weighted by Gasteiger charge is -2.60. The Morgan fingerprint density at radius 2 is 1.75 bits per heavy atom. The summed E-state index contributed by atoms with van der Waals surface area (Å²) >= 11 is 0. The van der Waals surface area contributed by atoms with E-state index >= 15 is 0 Å². The van der Waals surface area contributed by atoms with Crippen LogP contribution in [-0.2, 0) is 23.7 Å². The molecule has 2 heterocycles. The molecule has 6 N–H and O–H groups in total. The van der Waals surface area contributed by atoms with E-state index in [4.69, 9.17) is 18.9 Å². The zero-order valence-corrected chi connectivity index (χ0v) is 29.8. The van der Waals surface area contributed by atoms with E-state index in [1.54, 1.807) is 13.8 Å². The highest BCUT2D eigenvalue weighted by Crippen LogP contribution is 2.88. The first-order valence-corrected chi connectivity index (χ1v) is 18.1. The van der Waals surface area contributed by atoms with Gasteiger partial charge in [-0.3, -0.25) is 4.79 Å². The van der Waals surface area contributed by atoms with E-state index in [1.807, 2.05) is 0 Å². The molecule has 48 heavy (non-hydrogen) atoms. The fourth-order valence-corrected chi connectivity index (χ4v) is 13.0. The van der Waals surface area contributed by atoms with Crippen LogP contribution in [0.2, 0.25) is 0 Å². The van der Waals surface area contributed by atoms with Gasteiger partial charge in [0.25, 0.3) is 0 Å². The molecular weight excluding hydrogens is 620 g/mol. The number of aliphatic hydroxyl groups excluding tert-OH is 4. The van der Waals surface area contributed by atoms with Gasteiger partial charge in [-0.05, 0) is 92.3 Å². The monoisotopic (exact) mass is 678 g/mol. The van der Waals surface area contributed by atoms with Crippen LogP contribution in [0.1, 0.15) is 100 Å². The Balaban J connectivity index is 1.20. The third-order valence-corrected chi connectivity index (χ3v) is 15.2. The quantitative estimate of drug-likeness (QED) is 0.186. The van der Waals surface area contributed by atoms with Crippen LogP contribution in [0.5, 0.6) is 0 Å². The molecule has 0 bridgehead atoms. The fourth-order valence-electron chi connectivity index (χ4n) is 13.0. The number of fused-ring (bicyclic) bond motifs is 4. The Morgan fingerprint density at radius 1 is 1.06 bits per heavy atom. The van der Waals surface area contributed by atoms with Gasteiger partial charge in [-0.25, -0.2) is 0 Å². The number of ether oxygens (including phenoxy) is 4. The lowest BCUT2D eigenvalue weighted by molar-refractivity contribution is -0.341. The summed E-state index contributed by atoms with van der Waals surface area (Å²) in [6, 6.07) is 0. The molecule has 5 aliphatic carbocycles. The molecule has 7 aliphatic rings. The Kier molecular flexibility index (Phi) is 7.86. The highest BCUT2D eigenvalue weighted by Gasteiger charge is 2.85. The SMILES string of the molecule is CC(=O)O[C@H]([C@H]1C[C@@H](C)[C@H]2[C@@](O)(O1)[C@H](O)[C@@]1(C)C3=CCC4C(C)(C)[C@@H](O[C@@H]5OC[C@H](O)[C@H](O)[C@H]5O)CC[C@@]45C[C@@]35CC[C@]21C)C(C)(C)O. The molecule has 0 aromatic heterocycles. The summed E-state index contributed by atoms with van der Waals surface area (Å²) in [6.45, 7) is 15.2. The van der Waals surface area contributed by atoms with Gasteiger partial charge in [-0.15, -0.1) is 0 Å². The first-order chi connectivity index (χ1) is 22.1. The molecule has 11 heteroatoms. The molecule has 272 valence electrons. The molecule has 4 saturated carbocycles. The lowest BCUT2D eigenvalue weighted by Crippen LogP contribution is -2.61. The second kappa shape index (κ2) is 10.7. The number of hydrogen-bond acceptors (Lipinski definition) is 11. The van der Waals surface area contributed by atoms with Crippen molar-refractivity contribution in [1.82, 2.24) is 0 Å². The van der Waals surface area contributed by atoms with Crippen LogP contribution in [0.3, 0.4) is 0 Å². The predicted octanol–water partition coefficient (Wildman–Crippen LogP) is 2.57. The molecule has 6 fully saturated rings. The van der Waals surface area contributed by atoms with Crippen LogP contribution >= 0.6 is 0 Å². The van der Waals surface area contributed by atoms with Crippen molar-refractivity contribution in [3.63, 3.8) is 0 Å². The summed E-state index contributed by atoms with van der Waals surface area (Å²) in [4.78, 5) is 12.1. The van der Waals surface area contributed by atoms with Gasteiger partial charge in [0.1, 0.15) is 30.5 Å². The van der Waals surface area contributed by atoms with E-state index in [1.165, 1.54) is 12.5 Å². The van der Waals surface area contributed by atoms with Gasteiger partial charge in [-0.1, -0.05) is 46.3 Å². The summed E-state index contributed by atoms with van der Waals surface area (Å²) in [5.74, 6) is -2.63. The van der Waals surface area contributed by atoms with Crippen molar-refractivity contribution in [2.24, 2.45) is 44.8 Å². The highest BCUT2D eigenvalue weighted by atomic mass is 16.7. The molecular formula is C37H58O11. The fraction of sp³-hybridized carbons (Fsp3) is 0.919. The number of hydrogen-bond donors (Lipinski definition) is 6. The molecule has 11 nitrogen and oxygen atoms in total. The molecule has 2 aliphatic heterocycles. The van der Waals surface area contributed by atoms with Crippen LogP contribution in [0.4, 0.5) is 0 Å². The molecule has 2 spiro atoms. The normalized spacial score (nSPS) is 54.4. The topological polar surface area (TPSA) is 175 Å². The summed E-state index contributed by atoms with van der Waals surface area (Å²) < 4.78 is 24.2. The maximum Gasteiger partial charge on any atom is 0.303 e. The Morgan fingerprint density at radius 3 is 2.40 bits per heavy atom. The predicted molar refractivity (Wildman–Crippen MR) is 172 cm³/mol. The smallest absolute Gasteiger partial charge is 0.303 e. The van der Waals surface area contributed by atoms with Crippen molar-refractivity contribution in [2.45, 2.75) is 161 Å². The zero-order chi connectivity index (χ0) is 35.2. The molecule has 1 unspecified atom stereocenters. The highest BCUT2D eigenvalue weighted by molar-refractivity contribution is 5.66. The molecule has 0 amide bonds. The van der Waals surface area contributed by atoms with Crippen molar-refractivity contribution in [3.8, 4) is 0 Å². The average Bonchev–Trinajstić information content (AvgIpc) is 3.62. The van der Waals surface area contributed by atoms with Crippen LogP contribution < -0.4 is 0 Å². The van der Waals surface area contributed by atoms with E-state index in [-0.39, 0.29) is 46.7 Å². The minimum absolute atomic E-state index is 0.0129. The van der Waals surface area contributed by atoms with Gasteiger partial charge in [0.05, 0.1) is 18.3 Å². The Hall–Kier alpha value is -1.15. The number of aliphatic hydroxyl groups is 6. The van der Waals surface area contributed by atoms with E-state index < -0.39 is 71.1 Å². The number of allylic oxidation sites excluding steroid dienone is 1. The van der Waals surface area contributed by atoms with Gasteiger partial charge in [0.2, 0.25) is 0 Å². The minimum atomic E-state index is -1.90. The third kappa shape index (κ3) is 4.35. The molecule has 2 saturated heterocycles. The second-order valence-corrected chi connectivity index (χ2v) is 18.4. The number of carbonyl (C=O) groups is 1. The van der Waals surface area contributed by atoms with Crippen molar-refractivity contribution in [2.75, 3.05) is 6.61 Å². The summed E-state index contributed by atoms with van der Waals surface area (Å²) in [5.41, 5.74) is -1.83. The molecule has 16 atom stereocenters. The average molecular weight is 679 g/mol. The van der Waals surface area contributed by atoms with Gasteiger partial charge >= 0.3 is 5.97 Å². The van der Waals surface area contributed by atoms with Gasteiger partial charge in [0, 0.05) is 18.3 Å². The maximum atomic E-state index is 12.6. The summed E-state index contributed by atoms with van der Waals surface area (Å²) in [7, 11) is 0. The van der Waals surface area contributed by atoms with Gasteiger partial charge in [0.15, 0.2) is 18.2 Å². The van der Waals surface area contributed by atoms with Crippen molar-refractivity contribution in [3.05, 3.63) is 11.6 Å². The summed E-state index contributed by atoms with van der Waals surface area (Å²) in [6.07, 6.45) is -0.0661. The van der Waals surface area contributed by atoms with Crippen LogP contribution in [0.15, 0.2) is 11.6 Å². The molecule has 7 rings (SSSR count). The minimum Gasteiger partial charge on any atom is -0.457 e. The van der Waals surface area contributed by atoms with E-state index in [0.29, 0.717) is 6.42 Å². The Bertz CT molecular complexity index is 1360. The first kappa shape index (κ1) is 35.3. The van der Waals surface area contributed by atoms with Gasteiger partial charge in [-0.2, -0.15) is 0 Å². The van der Waals surface area contributed by atoms with Crippen LogP contribution in [0.25, 0.3) is 0 Å². The molecule has 0 aromatic carbocycles. The number of esters is 1. The lowest BCUT2D eigenvalue weighted by atomic mass is 9.44. The summed E-state index contributed by atoms with van der Waals surface area (Å²) in [5, 5.41) is 66.9. The number of rotatable bonds is 5.